The first-order valence-corrected chi connectivity index (χ1v) is 6.58. The van der Waals surface area contributed by atoms with Crippen molar-refractivity contribution >= 4 is 16.1 Å². The Kier molecular flexibility index (Phi) is 6.92. The molecular weight excluding hydrogens is 256 g/mol. The van der Waals surface area contributed by atoms with Crippen LogP contribution in [0.4, 0.5) is 0 Å². The Morgan fingerprint density at radius 2 is 1.89 bits per heavy atom. The SMILES string of the molecule is C=CC(=O)OCC.Cc1ccc(S(=O)(=O)O)cc1. The van der Waals surface area contributed by atoms with Gasteiger partial charge in [-0.15, -0.1) is 0 Å². The van der Waals surface area contributed by atoms with Gasteiger partial charge in [0.25, 0.3) is 10.1 Å². The second-order valence-electron chi connectivity index (χ2n) is 3.24. The highest BCUT2D eigenvalue weighted by molar-refractivity contribution is 7.85. The minimum atomic E-state index is -4.02. The molecule has 0 aliphatic rings. The molecule has 1 aromatic rings. The zero-order chi connectivity index (χ0) is 14.2. The average Bonchev–Trinajstić information content (AvgIpc) is 2.29. The van der Waals surface area contributed by atoms with Gasteiger partial charge in [-0.05, 0) is 26.0 Å². The van der Waals surface area contributed by atoms with Crippen molar-refractivity contribution in [3.05, 3.63) is 42.5 Å². The van der Waals surface area contributed by atoms with Crippen LogP contribution in [0.5, 0.6) is 0 Å². The highest BCUT2D eigenvalue weighted by atomic mass is 32.2. The Bertz CT molecular complexity index is 488. The molecule has 0 unspecified atom stereocenters. The van der Waals surface area contributed by atoms with Crippen molar-refractivity contribution in [3.63, 3.8) is 0 Å². The van der Waals surface area contributed by atoms with Crippen molar-refractivity contribution in [3.8, 4) is 0 Å². The van der Waals surface area contributed by atoms with Gasteiger partial charge in [0.15, 0.2) is 0 Å². The molecule has 0 amide bonds. The highest BCUT2D eigenvalue weighted by Crippen LogP contribution is 2.08. The molecule has 0 spiro atoms. The molecular formula is C12H16O5S. The summed E-state index contributed by atoms with van der Waals surface area (Å²) in [6.07, 6.45) is 1.14. The first-order valence-electron chi connectivity index (χ1n) is 5.14. The molecule has 0 saturated heterocycles. The number of carbonyl (C=O) groups excluding carboxylic acids is 1. The standard InChI is InChI=1S/C7H8O3S.C5H8O2/c1-6-2-4-7(5-3-6)11(8,9)10;1-3-5(6)7-4-2/h2-5H,1H3,(H,8,9,10);3H,1,4H2,2H3. The molecule has 1 aromatic carbocycles. The van der Waals surface area contributed by atoms with Gasteiger partial charge < -0.3 is 4.74 Å². The Balaban J connectivity index is 0.000000360. The predicted octanol–water partition coefficient (Wildman–Crippen LogP) is 1.98. The average molecular weight is 272 g/mol. The van der Waals surface area contributed by atoms with Gasteiger partial charge in [0.05, 0.1) is 11.5 Å². The summed E-state index contributed by atoms with van der Waals surface area (Å²) in [5, 5.41) is 0. The molecule has 0 aliphatic carbocycles. The van der Waals surface area contributed by atoms with Gasteiger partial charge in [0.2, 0.25) is 0 Å². The first-order chi connectivity index (χ1) is 8.31. The van der Waals surface area contributed by atoms with Gasteiger partial charge in [-0.3, -0.25) is 4.55 Å². The number of carbonyl (C=O) groups is 1. The van der Waals surface area contributed by atoms with Crippen molar-refractivity contribution in [2.75, 3.05) is 6.61 Å². The number of hydrogen-bond donors (Lipinski definition) is 1. The number of rotatable bonds is 3. The van der Waals surface area contributed by atoms with Crippen LogP contribution in [-0.2, 0) is 19.6 Å². The highest BCUT2D eigenvalue weighted by Gasteiger charge is 2.06. The van der Waals surface area contributed by atoms with Gasteiger partial charge >= 0.3 is 5.97 Å². The summed E-state index contributed by atoms with van der Waals surface area (Å²) in [7, 11) is -4.02. The molecule has 1 rings (SSSR count). The maximum Gasteiger partial charge on any atom is 0.330 e. The molecule has 0 aromatic heterocycles. The fourth-order valence-electron chi connectivity index (χ4n) is 0.911. The lowest BCUT2D eigenvalue weighted by Gasteiger charge is -1.95. The second-order valence-corrected chi connectivity index (χ2v) is 4.67. The molecule has 6 heteroatoms. The van der Waals surface area contributed by atoms with E-state index in [1.165, 1.54) is 12.1 Å². The smallest absolute Gasteiger partial charge is 0.330 e. The lowest BCUT2D eigenvalue weighted by molar-refractivity contribution is -0.137. The van der Waals surface area contributed by atoms with E-state index < -0.39 is 10.1 Å². The molecule has 5 nitrogen and oxygen atoms in total. The van der Waals surface area contributed by atoms with Crippen LogP contribution < -0.4 is 0 Å². The summed E-state index contributed by atoms with van der Waals surface area (Å²) < 4.78 is 34.0. The lowest BCUT2D eigenvalue weighted by atomic mass is 10.2. The molecule has 0 saturated carbocycles. The minimum Gasteiger partial charge on any atom is -0.463 e. The monoisotopic (exact) mass is 272 g/mol. The fraction of sp³-hybridized carbons (Fsp3) is 0.250. The molecule has 0 fully saturated rings. The number of ether oxygens (including phenoxy) is 1. The van der Waals surface area contributed by atoms with Crippen LogP contribution in [-0.4, -0.2) is 25.5 Å². The molecule has 100 valence electrons. The molecule has 1 N–H and O–H groups in total. The van der Waals surface area contributed by atoms with E-state index in [1.807, 2.05) is 6.92 Å². The lowest BCUT2D eigenvalue weighted by Crippen LogP contribution is -1.97. The predicted molar refractivity (Wildman–Crippen MR) is 67.8 cm³/mol. The minimum absolute atomic E-state index is 0.0666. The molecule has 0 heterocycles. The summed E-state index contributed by atoms with van der Waals surface area (Å²) in [6.45, 7) is 7.22. The van der Waals surface area contributed by atoms with Crippen molar-refractivity contribution in [1.82, 2.24) is 0 Å². The van der Waals surface area contributed by atoms with Crippen LogP contribution in [0, 0.1) is 6.92 Å². The number of esters is 1. The molecule has 18 heavy (non-hydrogen) atoms. The van der Waals surface area contributed by atoms with E-state index >= 15 is 0 Å². The first kappa shape index (κ1) is 16.3. The normalized spacial score (nSPS) is 9.94. The van der Waals surface area contributed by atoms with Crippen LogP contribution in [0.25, 0.3) is 0 Å². The number of hydrogen-bond acceptors (Lipinski definition) is 4. The zero-order valence-electron chi connectivity index (χ0n) is 10.3. The summed E-state index contributed by atoms with van der Waals surface area (Å²) in [4.78, 5) is 10.0. The third kappa shape index (κ3) is 6.82. The van der Waals surface area contributed by atoms with Crippen molar-refractivity contribution < 1.29 is 22.5 Å². The Morgan fingerprint density at radius 3 is 2.17 bits per heavy atom. The van der Waals surface area contributed by atoms with Crippen LogP contribution in [0.1, 0.15) is 12.5 Å². The van der Waals surface area contributed by atoms with E-state index in [2.05, 4.69) is 11.3 Å². The summed E-state index contributed by atoms with van der Waals surface area (Å²) in [5.41, 5.74) is 0.956. The molecule has 0 aliphatic heterocycles. The molecule has 0 radical (unpaired) electrons. The molecule has 0 bridgehead atoms. The van der Waals surface area contributed by atoms with Crippen LogP contribution >= 0.6 is 0 Å². The summed E-state index contributed by atoms with van der Waals surface area (Å²) in [6, 6.07) is 5.99. The summed E-state index contributed by atoms with van der Waals surface area (Å²) in [5.74, 6) is -0.359. The van der Waals surface area contributed by atoms with Crippen LogP contribution in [0.15, 0.2) is 41.8 Å². The van der Waals surface area contributed by atoms with E-state index in [-0.39, 0.29) is 10.9 Å². The van der Waals surface area contributed by atoms with Gasteiger partial charge in [-0.2, -0.15) is 8.42 Å². The maximum atomic E-state index is 10.5. The number of benzene rings is 1. The van der Waals surface area contributed by atoms with Crippen LogP contribution in [0.3, 0.4) is 0 Å². The Hall–Kier alpha value is -1.66. The van der Waals surface area contributed by atoms with E-state index in [9.17, 15) is 13.2 Å². The zero-order valence-corrected chi connectivity index (χ0v) is 11.1. The summed E-state index contributed by atoms with van der Waals surface area (Å²) >= 11 is 0. The quantitative estimate of drug-likeness (QED) is 0.517. The van der Waals surface area contributed by atoms with Gasteiger partial charge in [-0.25, -0.2) is 4.79 Å². The Morgan fingerprint density at radius 1 is 1.39 bits per heavy atom. The van der Waals surface area contributed by atoms with E-state index in [0.717, 1.165) is 11.6 Å². The van der Waals surface area contributed by atoms with E-state index in [4.69, 9.17) is 4.55 Å². The largest absolute Gasteiger partial charge is 0.463 e. The van der Waals surface area contributed by atoms with Crippen molar-refractivity contribution in [1.29, 1.82) is 0 Å². The third-order valence-electron chi connectivity index (χ3n) is 1.77. The van der Waals surface area contributed by atoms with Crippen molar-refractivity contribution in [2.24, 2.45) is 0 Å². The van der Waals surface area contributed by atoms with E-state index in [0.29, 0.717) is 6.61 Å². The van der Waals surface area contributed by atoms with Gasteiger partial charge in [0, 0.05) is 6.08 Å². The maximum absolute atomic E-state index is 10.5. The third-order valence-corrected chi connectivity index (χ3v) is 2.64. The second kappa shape index (κ2) is 7.62. The van der Waals surface area contributed by atoms with E-state index in [1.54, 1.807) is 19.1 Å². The topological polar surface area (TPSA) is 80.7 Å². The molecule has 0 atom stereocenters. The number of aryl methyl sites for hydroxylation is 1. The fourth-order valence-corrected chi connectivity index (χ4v) is 1.39. The Labute approximate surface area is 107 Å². The van der Waals surface area contributed by atoms with Crippen LogP contribution in [0.2, 0.25) is 0 Å². The van der Waals surface area contributed by atoms with Crippen molar-refractivity contribution in [2.45, 2.75) is 18.7 Å². The van der Waals surface area contributed by atoms with Gasteiger partial charge in [0.1, 0.15) is 0 Å². The van der Waals surface area contributed by atoms with Gasteiger partial charge in [-0.1, -0.05) is 24.3 Å².